The molecule has 0 heterocycles. The fourth-order valence-electron chi connectivity index (χ4n) is 1.27. The van der Waals surface area contributed by atoms with Crippen LogP contribution >= 0.6 is 0 Å². The second kappa shape index (κ2) is 11.3. The van der Waals surface area contributed by atoms with E-state index in [1.54, 1.807) is 13.0 Å². The summed E-state index contributed by atoms with van der Waals surface area (Å²) in [7, 11) is 0. The summed E-state index contributed by atoms with van der Waals surface area (Å²) in [5.74, 6) is -2.41. The van der Waals surface area contributed by atoms with Crippen LogP contribution < -0.4 is 0 Å². The Morgan fingerprint density at radius 1 is 1.05 bits per heavy atom. The molecule has 0 fully saturated rings. The van der Waals surface area contributed by atoms with Gasteiger partial charge in [-0.05, 0) is 13.3 Å². The maximum atomic E-state index is 11.2. The SMILES string of the molecule is C=CC.C=CC(=O)OC(CC)(CCC)OC(=O)C=C. The van der Waals surface area contributed by atoms with Gasteiger partial charge in [0.15, 0.2) is 0 Å². The summed E-state index contributed by atoms with van der Waals surface area (Å²) in [6, 6.07) is 0. The molecule has 0 bridgehead atoms. The number of hydrogen-bond acceptors (Lipinski definition) is 4. The third-order valence-corrected chi connectivity index (χ3v) is 2.08. The van der Waals surface area contributed by atoms with Crippen LogP contribution in [0.15, 0.2) is 38.0 Å². The van der Waals surface area contributed by atoms with Crippen LogP contribution in [0.25, 0.3) is 0 Å². The Hall–Kier alpha value is -1.84. The van der Waals surface area contributed by atoms with E-state index in [4.69, 9.17) is 9.47 Å². The molecule has 0 unspecified atom stereocenters. The van der Waals surface area contributed by atoms with Gasteiger partial charge in [-0.15, -0.1) is 6.58 Å². The van der Waals surface area contributed by atoms with Gasteiger partial charge in [-0.3, -0.25) is 0 Å². The molecule has 0 rings (SSSR count). The lowest BCUT2D eigenvalue weighted by molar-refractivity contribution is -0.226. The van der Waals surface area contributed by atoms with Crippen molar-refractivity contribution in [2.75, 3.05) is 0 Å². The van der Waals surface area contributed by atoms with E-state index in [0.717, 1.165) is 18.6 Å². The van der Waals surface area contributed by atoms with E-state index in [0.29, 0.717) is 12.8 Å². The third kappa shape index (κ3) is 8.83. The van der Waals surface area contributed by atoms with Gasteiger partial charge in [-0.2, -0.15) is 0 Å². The van der Waals surface area contributed by atoms with Crippen molar-refractivity contribution in [2.45, 2.75) is 45.8 Å². The molecule has 0 aromatic heterocycles. The molecule has 0 aromatic carbocycles. The second-order valence-electron chi connectivity index (χ2n) is 3.67. The second-order valence-corrected chi connectivity index (χ2v) is 3.67. The Morgan fingerprint density at radius 2 is 1.42 bits per heavy atom. The number of ether oxygens (including phenoxy) is 2. The molecule has 0 aliphatic heterocycles. The molecule has 108 valence electrons. The third-order valence-electron chi connectivity index (χ3n) is 2.08. The van der Waals surface area contributed by atoms with E-state index in [9.17, 15) is 9.59 Å². The van der Waals surface area contributed by atoms with Crippen molar-refractivity contribution in [2.24, 2.45) is 0 Å². The van der Waals surface area contributed by atoms with Crippen LogP contribution in [0.3, 0.4) is 0 Å². The lowest BCUT2D eigenvalue weighted by Gasteiger charge is -2.30. The molecule has 0 radical (unpaired) electrons. The monoisotopic (exact) mass is 268 g/mol. The minimum absolute atomic E-state index is 0.389. The van der Waals surface area contributed by atoms with Crippen LogP contribution in [0.2, 0.25) is 0 Å². The summed E-state index contributed by atoms with van der Waals surface area (Å²) < 4.78 is 10.2. The lowest BCUT2D eigenvalue weighted by Crippen LogP contribution is -2.38. The molecule has 0 aliphatic rings. The summed E-state index contributed by atoms with van der Waals surface area (Å²) >= 11 is 0. The average molecular weight is 268 g/mol. The van der Waals surface area contributed by atoms with Gasteiger partial charge in [-0.25, -0.2) is 9.59 Å². The molecule has 0 N–H and O–H groups in total. The maximum Gasteiger partial charge on any atom is 0.333 e. The van der Waals surface area contributed by atoms with Gasteiger partial charge in [-0.1, -0.05) is 33.1 Å². The summed E-state index contributed by atoms with van der Waals surface area (Å²) in [5.41, 5.74) is 0. The van der Waals surface area contributed by atoms with Crippen LogP contribution in [-0.4, -0.2) is 17.7 Å². The van der Waals surface area contributed by atoms with Crippen LogP contribution in [0.4, 0.5) is 0 Å². The molecule has 0 saturated heterocycles. The zero-order valence-corrected chi connectivity index (χ0v) is 12.1. The highest BCUT2D eigenvalue weighted by atomic mass is 16.7. The topological polar surface area (TPSA) is 52.6 Å². The average Bonchev–Trinajstić information content (AvgIpc) is 2.39. The van der Waals surface area contributed by atoms with Crippen LogP contribution in [0.1, 0.15) is 40.0 Å². The zero-order chi connectivity index (χ0) is 15.3. The van der Waals surface area contributed by atoms with E-state index < -0.39 is 17.7 Å². The molecule has 0 spiro atoms. The molecule has 19 heavy (non-hydrogen) atoms. The molecular formula is C15H24O4. The van der Waals surface area contributed by atoms with Crippen molar-refractivity contribution >= 4 is 11.9 Å². The van der Waals surface area contributed by atoms with Gasteiger partial charge in [0.05, 0.1) is 0 Å². The minimum Gasteiger partial charge on any atom is -0.419 e. The number of allylic oxidation sites excluding steroid dienone is 1. The quantitative estimate of drug-likeness (QED) is 0.307. The van der Waals surface area contributed by atoms with Gasteiger partial charge in [0.1, 0.15) is 0 Å². The normalized spacial score (nSPS) is 9.42. The molecular weight excluding hydrogens is 244 g/mol. The fourth-order valence-corrected chi connectivity index (χ4v) is 1.27. The Kier molecular flexibility index (Phi) is 11.6. The molecule has 0 atom stereocenters. The van der Waals surface area contributed by atoms with Gasteiger partial charge >= 0.3 is 11.9 Å². The van der Waals surface area contributed by atoms with Crippen molar-refractivity contribution in [3.8, 4) is 0 Å². The van der Waals surface area contributed by atoms with Crippen LogP contribution in [0.5, 0.6) is 0 Å². The van der Waals surface area contributed by atoms with E-state index >= 15 is 0 Å². The van der Waals surface area contributed by atoms with E-state index in [-0.39, 0.29) is 0 Å². The van der Waals surface area contributed by atoms with Crippen molar-refractivity contribution in [3.05, 3.63) is 38.0 Å². The van der Waals surface area contributed by atoms with Crippen molar-refractivity contribution in [1.29, 1.82) is 0 Å². The first-order chi connectivity index (χ1) is 8.94. The molecule has 0 aliphatic carbocycles. The van der Waals surface area contributed by atoms with Gasteiger partial charge < -0.3 is 9.47 Å². The summed E-state index contributed by atoms with van der Waals surface area (Å²) in [4.78, 5) is 22.3. The maximum absolute atomic E-state index is 11.2. The van der Waals surface area contributed by atoms with E-state index in [1.807, 2.05) is 13.8 Å². The highest BCUT2D eigenvalue weighted by molar-refractivity contribution is 5.83. The predicted molar refractivity (Wildman–Crippen MR) is 76.4 cm³/mol. The van der Waals surface area contributed by atoms with Crippen LogP contribution in [-0.2, 0) is 19.1 Å². The Bertz CT molecular complexity index is 296. The Morgan fingerprint density at radius 3 is 1.63 bits per heavy atom. The number of carbonyl (C=O) groups is 2. The smallest absolute Gasteiger partial charge is 0.333 e. The highest BCUT2D eigenvalue weighted by Gasteiger charge is 2.34. The molecule has 4 heteroatoms. The highest BCUT2D eigenvalue weighted by Crippen LogP contribution is 2.25. The predicted octanol–water partition coefficient (Wildman–Crippen LogP) is 3.54. The van der Waals surface area contributed by atoms with E-state index in [1.165, 1.54) is 0 Å². The largest absolute Gasteiger partial charge is 0.419 e. The Labute approximate surface area is 115 Å². The minimum atomic E-state index is -1.20. The lowest BCUT2D eigenvalue weighted by atomic mass is 10.1. The number of rotatable bonds is 7. The molecule has 0 amide bonds. The van der Waals surface area contributed by atoms with Crippen LogP contribution in [0, 0.1) is 0 Å². The number of carbonyl (C=O) groups excluding carboxylic acids is 2. The molecule has 0 aromatic rings. The first-order valence-electron chi connectivity index (χ1n) is 6.23. The first-order valence-corrected chi connectivity index (χ1v) is 6.23. The summed E-state index contributed by atoms with van der Waals surface area (Å²) in [6.07, 6.45) is 5.40. The van der Waals surface area contributed by atoms with Gasteiger partial charge in [0.2, 0.25) is 0 Å². The van der Waals surface area contributed by atoms with Crippen molar-refractivity contribution in [1.82, 2.24) is 0 Å². The fraction of sp³-hybridized carbons (Fsp3) is 0.467. The van der Waals surface area contributed by atoms with Gasteiger partial charge in [0, 0.05) is 25.0 Å². The molecule has 4 nitrogen and oxygen atoms in total. The first kappa shape index (κ1) is 19.5. The van der Waals surface area contributed by atoms with E-state index in [2.05, 4.69) is 19.7 Å². The summed E-state index contributed by atoms with van der Waals surface area (Å²) in [6.45, 7) is 15.5. The number of esters is 2. The molecule has 0 saturated carbocycles. The zero-order valence-electron chi connectivity index (χ0n) is 12.1. The van der Waals surface area contributed by atoms with Crippen molar-refractivity contribution < 1.29 is 19.1 Å². The Balaban J connectivity index is 0. The summed E-state index contributed by atoms with van der Waals surface area (Å²) in [5, 5.41) is 0. The number of hydrogen-bond donors (Lipinski definition) is 0. The van der Waals surface area contributed by atoms with Gasteiger partial charge in [0.25, 0.3) is 5.79 Å². The standard InChI is InChI=1S/C12H18O4.C3H6/c1-5-9-12(8-4,15-10(13)6-2)16-11(14)7-3;1-3-2/h6-7H,2-3,5,8-9H2,1,4H3;3H,1H2,2H3. The van der Waals surface area contributed by atoms with Crippen molar-refractivity contribution in [3.63, 3.8) is 0 Å².